The maximum absolute atomic E-state index is 2.68. The highest BCUT2D eigenvalue weighted by Crippen LogP contribution is 2.59. The minimum Gasteiger partial charge on any atom is -0.0616 e. The molecular weight excluding hydrogens is 697 g/mol. The van der Waals surface area contributed by atoms with Gasteiger partial charge < -0.3 is 0 Å². The molecule has 0 nitrogen and oxygen atoms in total. The Balaban J connectivity index is 1.40. The standard InChI is InChI=1S/C58H56/c1-27(2)36-19-35-17-18-37(28(3)4)54-51(35)48(22-36)57-49(31(9)10)47-26-43-41(25-46(47)50(32(11)12)58(54)57)45-24-38(29(5)6)52-42-21-34-16-14-13-15-33(34)20-40(42)44-23-39(30(7)8)53(43)56(45)55(44)52/h13-32H,1-12H3. The monoisotopic (exact) mass is 752 g/mol. The van der Waals surface area contributed by atoms with E-state index in [0.29, 0.717) is 35.5 Å². The Morgan fingerprint density at radius 2 is 0.897 bits per heavy atom. The van der Waals surface area contributed by atoms with E-state index in [9.17, 15) is 0 Å². The van der Waals surface area contributed by atoms with Crippen LogP contribution in [0.2, 0.25) is 0 Å². The lowest BCUT2D eigenvalue weighted by Crippen LogP contribution is -1.99. The normalized spacial score (nSPS) is 13.4. The summed E-state index contributed by atoms with van der Waals surface area (Å²) in [6.45, 7) is 28.9. The first-order chi connectivity index (χ1) is 27.8. The lowest BCUT2D eigenvalue weighted by Gasteiger charge is -2.21. The van der Waals surface area contributed by atoms with E-state index in [1.807, 2.05) is 0 Å². The first-order valence-electron chi connectivity index (χ1n) is 22.3. The molecule has 0 unspecified atom stereocenters. The van der Waals surface area contributed by atoms with Gasteiger partial charge >= 0.3 is 0 Å². The SMILES string of the molecule is CC(C)c1cc2ccc(C(C)C)c3c4c(C(C)C)c5cc6c(cc5c(C(C)C)c4c(c1)c23)c1c(C(C)C)cc2c3c(c(C(C)C)cc6c31)-c1cc3ccccc3cc1-2. The molecule has 0 fully saturated rings. The number of benzene rings is 8. The van der Waals surface area contributed by atoms with E-state index in [2.05, 4.69) is 168 Å². The molecule has 0 aliphatic heterocycles. The largest absolute Gasteiger partial charge is 0.0616 e. The lowest BCUT2D eigenvalue weighted by atomic mass is 9.82. The molecule has 0 aromatic heterocycles. The van der Waals surface area contributed by atoms with Crippen LogP contribution in [-0.4, -0.2) is 0 Å². The fourth-order valence-corrected chi connectivity index (χ4v) is 11.8. The molecule has 0 atom stereocenters. The molecule has 0 N–H and O–H groups in total. The zero-order chi connectivity index (χ0) is 40.4. The zero-order valence-corrected chi connectivity index (χ0v) is 36.5. The van der Waals surface area contributed by atoms with Gasteiger partial charge in [0.15, 0.2) is 0 Å². The van der Waals surface area contributed by atoms with Crippen molar-refractivity contribution in [2.75, 3.05) is 0 Å². The van der Waals surface area contributed by atoms with Crippen molar-refractivity contribution in [1.29, 1.82) is 0 Å². The van der Waals surface area contributed by atoms with Gasteiger partial charge in [0, 0.05) is 0 Å². The van der Waals surface area contributed by atoms with Gasteiger partial charge in [-0.3, -0.25) is 0 Å². The molecule has 0 saturated heterocycles. The Morgan fingerprint density at radius 1 is 0.293 bits per heavy atom. The van der Waals surface area contributed by atoms with Crippen molar-refractivity contribution in [1.82, 2.24) is 0 Å². The van der Waals surface area contributed by atoms with Gasteiger partial charge in [0.05, 0.1) is 0 Å². The van der Waals surface area contributed by atoms with Crippen LogP contribution in [-0.2, 0) is 0 Å². The minimum atomic E-state index is 0.352. The summed E-state index contributed by atoms with van der Waals surface area (Å²) < 4.78 is 0. The van der Waals surface area contributed by atoms with Crippen molar-refractivity contribution in [2.24, 2.45) is 0 Å². The summed E-state index contributed by atoms with van der Waals surface area (Å²) in [6.07, 6.45) is 0. The van der Waals surface area contributed by atoms with Crippen LogP contribution in [0.4, 0.5) is 0 Å². The topological polar surface area (TPSA) is 0 Å². The van der Waals surface area contributed by atoms with Gasteiger partial charge in [-0.25, -0.2) is 0 Å². The van der Waals surface area contributed by atoms with Crippen LogP contribution in [0.15, 0.2) is 84.9 Å². The Bertz CT molecular complexity index is 3380. The van der Waals surface area contributed by atoms with Gasteiger partial charge in [-0.15, -0.1) is 0 Å². The van der Waals surface area contributed by atoms with Crippen LogP contribution >= 0.6 is 0 Å². The second kappa shape index (κ2) is 12.2. The van der Waals surface area contributed by atoms with E-state index in [0.717, 1.165) is 0 Å². The van der Waals surface area contributed by atoms with Crippen LogP contribution in [0.3, 0.4) is 0 Å². The summed E-state index contributed by atoms with van der Waals surface area (Å²) >= 11 is 0. The number of fused-ring (bicyclic) bond motifs is 11. The van der Waals surface area contributed by atoms with Crippen molar-refractivity contribution in [2.45, 2.75) is 119 Å². The zero-order valence-electron chi connectivity index (χ0n) is 36.5. The third kappa shape index (κ3) is 4.53. The van der Waals surface area contributed by atoms with Crippen LogP contribution in [0.1, 0.15) is 152 Å². The maximum Gasteiger partial charge on any atom is -0.00108 e. The molecule has 10 aromatic rings. The van der Waals surface area contributed by atoms with Gasteiger partial charge in [0.25, 0.3) is 0 Å². The molecule has 0 heterocycles. The Morgan fingerprint density at radius 3 is 1.52 bits per heavy atom. The van der Waals surface area contributed by atoms with Gasteiger partial charge in [-0.05, 0) is 214 Å². The van der Waals surface area contributed by atoms with Gasteiger partial charge in [-0.2, -0.15) is 0 Å². The minimum absolute atomic E-state index is 0.352. The van der Waals surface area contributed by atoms with Crippen LogP contribution < -0.4 is 0 Å². The van der Waals surface area contributed by atoms with Crippen LogP contribution in [0.25, 0.3) is 108 Å². The van der Waals surface area contributed by atoms with Crippen molar-refractivity contribution in [3.63, 3.8) is 0 Å². The number of hydrogen-bond acceptors (Lipinski definition) is 0. The summed E-state index contributed by atoms with van der Waals surface area (Å²) in [5.74, 6) is 2.37. The average Bonchev–Trinajstić information content (AvgIpc) is 3.80. The second-order valence-corrected chi connectivity index (χ2v) is 19.9. The molecule has 0 heteroatoms. The Kier molecular flexibility index (Phi) is 7.54. The fraction of sp³-hybridized carbons (Fsp3) is 0.310. The van der Waals surface area contributed by atoms with E-state index < -0.39 is 0 Å². The maximum atomic E-state index is 2.68. The van der Waals surface area contributed by atoms with Crippen molar-refractivity contribution in [3.8, 4) is 22.3 Å². The van der Waals surface area contributed by atoms with E-state index in [1.165, 1.54) is 142 Å². The van der Waals surface area contributed by atoms with E-state index >= 15 is 0 Å². The smallest absolute Gasteiger partial charge is 0.00108 e. The molecule has 0 bridgehead atoms. The highest BCUT2D eigenvalue weighted by atomic mass is 14.4. The molecule has 0 spiro atoms. The summed E-state index contributed by atoms with van der Waals surface area (Å²) in [7, 11) is 0. The molecule has 0 amide bonds. The summed E-state index contributed by atoms with van der Waals surface area (Å²) in [4.78, 5) is 0. The lowest BCUT2D eigenvalue weighted by molar-refractivity contribution is 0.869. The highest BCUT2D eigenvalue weighted by molar-refractivity contribution is 6.40. The third-order valence-electron chi connectivity index (χ3n) is 14.4. The van der Waals surface area contributed by atoms with Crippen molar-refractivity contribution in [3.05, 3.63) is 118 Å². The Hall–Kier alpha value is -5.20. The van der Waals surface area contributed by atoms with Gasteiger partial charge in [0.2, 0.25) is 0 Å². The van der Waals surface area contributed by atoms with Crippen molar-refractivity contribution >= 4 is 86.2 Å². The summed E-state index contributed by atoms with van der Waals surface area (Å²) in [5.41, 5.74) is 14.6. The highest BCUT2D eigenvalue weighted by Gasteiger charge is 2.33. The first-order valence-corrected chi connectivity index (χ1v) is 22.3. The number of rotatable bonds is 6. The second-order valence-electron chi connectivity index (χ2n) is 19.9. The van der Waals surface area contributed by atoms with E-state index in [-0.39, 0.29) is 0 Å². The molecule has 1 aliphatic rings. The predicted octanol–water partition coefficient (Wildman–Crippen LogP) is 18.2. The predicted molar refractivity (Wildman–Crippen MR) is 258 cm³/mol. The van der Waals surface area contributed by atoms with E-state index in [4.69, 9.17) is 0 Å². The number of hydrogen-bond donors (Lipinski definition) is 0. The fourth-order valence-electron chi connectivity index (χ4n) is 11.8. The molecule has 1 aliphatic carbocycles. The van der Waals surface area contributed by atoms with E-state index in [1.54, 1.807) is 0 Å². The Labute approximate surface area is 343 Å². The summed E-state index contributed by atoms with van der Waals surface area (Å²) in [5, 5.41) is 23.1. The molecule has 58 heavy (non-hydrogen) atoms. The van der Waals surface area contributed by atoms with Gasteiger partial charge in [-0.1, -0.05) is 132 Å². The third-order valence-corrected chi connectivity index (χ3v) is 14.4. The van der Waals surface area contributed by atoms with Gasteiger partial charge in [0.1, 0.15) is 0 Å². The van der Waals surface area contributed by atoms with Crippen molar-refractivity contribution < 1.29 is 0 Å². The first kappa shape index (κ1) is 35.9. The molecule has 0 saturated carbocycles. The summed E-state index contributed by atoms with van der Waals surface area (Å²) in [6, 6.07) is 34.4. The molecule has 0 radical (unpaired) electrons. The molecular formula is C58H56. The van der Waals surface area contributed by atoms with Crippen LogP contribution in [0.5, 0.6) is 0 Å². The molecule has 288 valence electrons. The molecule has 11 rings (SSSR count). The quantitative estimate of drug-likeness (QED) is 0.159. The average molecular weight is 753 g/mol. The molecule has 10 aromatic carbocycles. The van der Waals surface area contributed by atoms with Crippen LogP contribution in [0, 0.1) is 0 Å².